The van der Waals surface area contributed by atoms with E-state index < -0.39 is 12.9 Å². The molecule has 65 heavy (non-hydrogen) atoms. The van der Waals surface area contributed by atoms with Crippen molar-refractivity contribution in [2.24, 2.45) is 0 Å². The van der Waals surface area contributed by atoms with E-state index in [1.165, 1.54) is 79.6 Å². The summed E-state index contributed by atoms with van der Waals surface area (Å²) in [5, 5.41) is 24.8. The first-order valence-electron chi connectivity index (χ1n) is 18.6. The smallest absolute Gasteiger partial charge is 0.455 e. The molecule has 0 atom stereocenters. The van der Waals surface area contributed by atoms with Crippen molar-refractivity contribution in [2.75, 3.05) is 14.1 Å². The minimum absolute atomic E-state index is 0.157. The van der Waals surface area contributed by atoms with Crippen LogP contribution in [0.25, 0.3) is 50.3 Å². The molecule has 0 aliphatic carbocycles. The highest BCUT2D eigenvalue weighted by Gasteiger charge is 2.24. The second kappa shape index (κ2) is 22.9. The van der Waals surface area contributed by atoms with Crippen LogP contribution in [0.1, 0.15) is 32.1 Å². The summed E-state index contributed by atoms with van der Waals surface area (Å²) in [6.07, 6.45) is 6.21. The van der Waals surface area contributed by atoms with Crippen LogP contribution in [0.15, 0.2) is 128 Å². The SMILES string of the molecule is CNC(=O)c1c(-c2ccc(F)cc2)oc2ccc(-n3cc(C)ncc3=O)cc12.CNC(=O)c1c(-c2ccc(F)cc2)oc2ccc(B(O)O)cc12.Cc1c[nH]c(=O)cn1.O=C=O.O=C=O. The summed E-state index contributed by atoms with van der Waals surface area (Å²) in [5.41, 5.74) is 4.52. The Hall–Kier alpha value is -8.74. The number of halogens is 2. The molecule has 0 radical (unpaired) electrons. The van der Waals surface area contributed by atoms with Gasteiger partial charge >= 0.3 is 19.4 Å². The minimum atomic E-state index is -1.65. The molecule has 4 aromatic heterocycles. The van der Waals surface area contributed by atoms with Gasteiger partial charge in [-0.1, -0.05) is 12.1 Å². The lowest BCUT2D eigenvalue weighted by Gasteiger charge is -2.06. The van der Waals surface area contributed by atoms with Crippen molar-refractivity contribution in [3.63, 3.8) is 0 Å². The molecule has 330 valence electrons. The van der Waals surface area contributed by atoms with E-state index in [1.807, 2.05) is 6.92 Å². The first kappa shape index (κ1) is 48.9. The number of nitrogens with zero attached hydrogens (tertiary/aromatic N) is 3. The van der Waals surface area contributed by atoms with Crippen LogP contribution in [0.4, 0.5) is 8.78 Å². The van der Waals surface area contributed by atoms with Crippen LogP contribution in [-0.2, 0) is 19.2 Å². The van der Waals surface area contributed by atoms with Crippen molar-refractivity contribution in [3.8, 4) is 28.3 Å². The number of benzene rings is 4. The largest absolute Gasteiger partial charge is 0.488 e. The van der Waals surface area contributed by atoms with E-state index in [9.17, 15) is 38.0 Å². The molecule has 0 unspecified atom stereocenters. The fourth-order valence-corrected chi connectivity index (χ4v) is 5.94. The fourth-order valence-electron chi connectivity index (χ4n) is 5.94. The Morgan fingerprint density at radius 1 is 0.692 bits per heavy atom. The van der Waals surface area contributed by atoms with Gasteiger partial charge in [-0.3, -0.25) is 33.7 Å². The van der Waals surface area contributed by atoms with E-state index in [-0.39, 0.29) is 52.1 Å². The maximum Gasteiger partial charge on any atom is 0.488 e. The van der Waals surface area contributed by atoms with Gasteiger partial charge in [0.05, 0.1) is 34.9 Å². The van der Waals surface area contributed by atoms with Crippen molar-refractivity contribution >= 4 is 58.6 Å². The standard InChI is InChI=1S/C21H16FN3O3.C16H13BFNO4.C5H6N2O.2CO2/c1-12-11-25(18(26)10-24-12)15-7-8-17-16(9-15)19(21(27)23-2)20(28-17)13-3-5-14(22)6-4-13;1-19-16(20)14-12-8-10(17(21)22)4-7-13(12)23-15(14)9-2-5-11(18)6-3-9;1-4-2-7-5(8)3-6-4;2*2-1-3/h3-11H,1-2H3,(H,23,27);2-8,21-22H,1H3,(H,19,20);2-3H,1H3,(H,7,8);;. The van der Waals surface area contributed by atoms with E-state index in [1.54, 1.807) is 55.7 Å². The van der Waals surface area contributed by atoms with E-state index in [4.69, 9.17) is 28.0 Å². The molecule has 0 fully saturated rings. The Labute approximate surface area is 365 Å². The lowest BCUT2D eigenvalue weighted by atomic mass is 9.79. The molecule has 0 aliphatic rings. The van der Waals surface area contributed by atoms with E-state index in [0.717, 1.165) is 5.69 Å². The number of rotatable bonds is 6. The topological polar surface area (TPSA) is 274 Å². The van der Waals surface area contributed by atoms with Gasteiger partial charge in [0, 0.05) is 54.1 Å². The quantitative estimate of drug-likeness (QED) is 0.149. The summed E-state index contributed by atoms with van der Waals surface area (Å²) < 4.78 is 39.5. The van der Waals surface area contributed by atoms with Gasteiger partial charge in [-0.05, 0) is 92.1 Å². The zero-order valence-electron chi connectivity index (χ0n) is 34.5. The normalized spacial score (nSPS) is 9.91. The number of aromatic nitrogens is 4. The molecular formula is C44H35BF2N6O12. The number of nitrogens with one attached hydrogen (secondary N) is 3. The number of aryl methyl sites for hydroxylation is 2. The number of carbonyl (C=O) groups is 2. The summed E-state index contributed by atoms with van der Waals surface area (Å²) in [4.78, 5) is 90.1. The average molecular weight is 889 g/mol. The highest BCUT2D eigenvalue weighted by molar-refractivity contribution is 6.59. The maximum absolute atomic E-state index is 13.3. The molecule has 0 saturated heterocycles. The first-order chi connectivity index (χ1) is 31.1. The number of carbonyl (C=O) groups excluding carboxylic acids is 6. The number of furan rings is 2. The third-order valence-corrected chi connectivity index (χ3v) is 8.82. The monoisotopic (exact) mass is 888 g/mol. The third-order valence-electron chi connectivity index (χ3n) is 8.82. The lowest BCUT2D eigenvalue weighted by Crippen LogP contribution is -2.29. The molecule has 0 saturated carbocycles. The van der Waals surface area contributed by atoms with Gasteiger partial charge in [-0.2, -0.15) is 19.2 Å². The summed E-state index contributed by atoms with van der Waals surface area (Å²) >= 11 is 0. The van der Waals surface area contributed by atoms with Gasteiger partial charge in [-0.25, -0.2) is 8.78 Å². The van der Waals surface area contributed by atoms with Crippen molar-refractivity contribution in [2.45, 2.75) is 13.8 Å². The van der Waals surface area contributed by atoms with Crippen LogP contribution in [0, 0.1) is 25.5 Å². The fraction of sp³-hybridized carbons (Fsp3) is 0.0909. The van der Waals surface area contributed by atoms with Crippen LogP contribution < -0.4 is 27.2 Å². The number of amides is 2. The van der Waals surface area contributed by atoms with E-state index >= 15 is 0 Å². The lowest BCUT2D eigenvalue weighted by molar-refractivity contribution is -0.193. The number of hydrogen-bond donors (Lipinski definition) is 5. The van der Waals surface area contributed by atoms with Gasteiger partial charge in [0.2, 0.25) is 0 Å². The Balaban J connectivity index is 0.000000223. The molecule has 0 spiro atoms. The summed E-state index contributed by atoms with van der Waals surface area (Å²) in [7, 11) is 1.36. The van der Waals surface area contributed by atoms with Crippen LogP contribution in [0.3, 0.4) is 0 Å². The molecule has 0 aliphatic heterocycles. The molecule has 4 heterocycles. The van der Waals surface area contributed by atoms with Crippen molar-refractivity contribution in [3.05, 3.63) is 165 Å². The van der Waals surface area contributed by atoms with Crippen LogP contribution in [-0.4, -0.2) is 74.9 Å². The van der Waals surface area contributed by atoms with Crippen molar-refractivity contribution in [1.29, 1.82) is 0 Å². The van der Waals surface area contributed by atoms with Crippen LogP contribution >= 0.6 is 0 Å². The third kappa shape index (κ3) is 12.4. The molecule has 0 bridgehead atoms. The van der Waals surface area contributed by atoms with Crippen LogP contribution in [0.2, 0.25) is 0 Å². The molecule has 21 heteroatoms. The Morgan fingerprint density at radius 3 is 1.58 bits per heavy atom. The predicted octanol–water partition coefficient (Wildman–Crippen LogP) is 3.64. The average Bonchev–Trinajstić information content (AvgIpc) is 3.88. The van der Waals surface area contributed by atoms with E-state index in [2.05, 4.69) is 25.6 Å². The van der Waals surface area contributed by atoms with Crippen molar-refractivity contribution < 1.29 is 56.4 Å². The second-order valence-electron chi connectivity index (χ2n) is 13.1. The minimum Gasteiger partial charge on any atom is -0.455 e. The number of aromatic amines is 1. The predicted molar refractivity (Wildman–Crippen MR) is 228 cm³/mol. The summed E-state index contributed by atoms with van der Waals surface area (Å²) in [6.45, 7) is 3.60. The molecule has 4 aromatic carbocycles. The maximum atomic E-state index is 13.3. The molecule has 8 rings (SSSR count). The Morgan fingerprint density at radius 2 is 1.15 bits per heavy atom. The second-order valence-corrected chi connectivity index (χ2v) is 13.1. The molecule has 8 aromatic rings. The Bertz CT molecular complexity index is 3100. The zero-order chi connectivity index (χ0) is 47.8. The van der Waals surface area contributed by atoms with Gasteiger partial charge < -0.3 is 34.5 Å². The van der Waals surface area contributed by atoms with Gasteiger partial charge in [-0.15, -0.1) is 0 Å². The van der Waals surface area contributed by atoms with Crippen molar-refractivity contribution in [1.82, 2.24) is 30.2 Å². The molecular weight excluding hydrogens is 853 g/mol. The molecule has 18 nitrogen and oxygen atoms in total. The highest BCUT2D eigenvalue weighted by atomic mass is 19.1. The van der Waals surface area contributed by atoms with E-state index in [0.29, 0.717) is 61.5 Å². The van der Waals surface area contributed by atoms with Crippen LogP contribution in [0.5, 0.6) is 0 Å². The molecule has 2 amide bonds. The van der Waals surface area contributed by atoms with Gasteiger partial charge in [0.15, 0.2) is 0 Å². The molecule has 5 N–H and O–H groups in total. The summed E-state index contributed by atoms with van der Waals surface area (Å²) in [6, 6.07) is 21.0. The first-order valence-corrected chi connectivity index (χ1v) is 18.6. The summed E-state index contributed by atoms with van der Waals surface area (Å²) in [5.74, 6) is -0.858. The number of fused-ring (bicyclic) bond motifs is 2. The highest BCUT2D eigenvalue weighted by Crippen LogP contribution is 2.35. The zero-order valence-corrected chi connectivity index (χ0v) is 34.5. The number of hydrogen-bond acceptors (Lipinski definition) is 14. The Kier molecular flexibility index (Phi) is 17.3. The van der Waals surface area contributed by atoms with Gasteiger partial charge in [0.1, 0.15) is 34.3 Å². The van der Waals surface area contributed by atoms with Gasteiger partial charge in [0.25, 0.3) is 22.9 Å². The number of H-pyrrole nitrogens is 1.